The minimum atomic E-state index is -0.601. The quantitative estimate of drug-likeness (QED) is 0.664. The maximum absolute atomic E-state index is 8.93. The van der Waals surface area contributed by atoms with Crippen LogP contribution in [0.3, 0.4) is 0 Å². The fourth-order valence-electron chi connectivity index (χ4n) is 1.37. The average molecular weight is 176 g/mol. The summed E-state index contributed by atoms with van der Waals surface area (Å²) in [5.41, 5.74) is 0. The zero-order valence-electron chi connectivity index (χ0n) is 7.74. The Bertz CT molecular complexity index is 146. The summed E-state index contributed by atoms with van der Waals surface area (Å²) in [4.78, 5) is 0. The number of hydrogen-bond donors (Lipinski definition) is 1. The molecular formula is C8H16O4. The molecule has 1 rings (SSSR count). The Hall–Kier alpha value is -0.160. The molecule has 0 saturated carbocycles. The lowest BCUT2D eigenvalue weighted by molar-refractivity contribution is -0.152. The highest BCUT2D eigenvalue weighted by atomic mass is 16.8. The fourth-order valence-corrected chi connectivity index (χ4v) is 1.37. The molecule has 1 aliphatic rings. The number of aliphatic hydroxyl groups is 1. The first-order chi connectivity index (χ1) is 5.59. The van der Waals surface area contributed by atoms with Crippen LogP contribution in [-0.4, -0.2) is 43.4 Å². The van der Waals surface area contributed by atoms with E-state index in [2.05, 4.69) is 0 Å². The van der Waals surface area contributed by atoms with Crippen molar-refractivity contribution in [1.29, 1.82) is 0 Å². The standard InChI is InChI=1S/C8H16O4/c1-8(2)11-6(4-9)7(12-8)5-10-3/h6-7,9H,4-5H2,1-3H3/t6-,7-/m0/s1. The Kier molecular flexibility index (Phi) is 3.06. The van der Waals surface area contributed by atoms with Gasteiger partial charge in [0.25, 0.3) is 0 Å². The van der Waals surface area contributed by atoms with Gasteiger partial charge in [0.05, 0.1) is 13.2 Å². The molecule has 2 atom stereocenters. The van der Waals surface area contributed by atoms with Crippen LogP contribution in [-0.2, 0) is 14.2 Å². The Morgan fingerprint density at radius 2 is 1.92 bits per heavy atom. The second-order valence-electron chi connectivity index (χ2n) is 3.35. The molecule has 0 spiro atoms. The largest absolute Gasteiger partial charge is 0.394 e. The summed E-state index contributed by atoms with van der Waals surface area (Å²) in [7, 11) is 1.60. The van der Waals surface area contributed by atoms with Gasteiger partial charge in [-0.3, -0.25) is 0 Å². The topological polar surface area (TPSA) is 47.9 Å². The molecule has 0 aliphatic carbocycles. The molecule has 0 aromatic carbocycles. The molecule has 0 radical (unpaired) electrons. The summed E-state index contributed by atoms with van der Waals surface area (Å²) in [5, 5.41) is 8.93. The predicted octanol–water partition coefficient (Wildman–Crippen LogP) is 0.145. The Morgan fingerprint density at radius 1 is 1.33 bits per heavy atom. The highest BCUT2D eigenvalue weighted by molar-refractivity contribution is 4.80. The molecule has 4 heteroatoms. The summed E-state index contributed by atoms with van der Waals surface area (Å²) in [5.74, 6) is -0.601. The molecule has 0 amide bonds. The van der Waals surface area contributed by atoms with Gasteiger partial charge in [0.1, 0.15) is 12.2 Å². The van der Waals surface area contributed by atoms with Crippen molar-refractivity contribution in [2.45, 2.75) is 31.8 Å². The molecule has 1 fully saturated rings. The van der Waals surface area contributed by atoms with Crippen molar-refractivity contribution < 1.29 is 19.3 Å². The Balaban J connectivity index is 2.50. The molecule has 4 nitrogen and oxygen atoms in total. The number of ether oxygens (including phenoxy) is 3. The van der Waals surface area contributed by atoms with Gasteiger partial charge in [-0.05, 0) is 13.8 Å². The lowest BCUT2D eigenvalue weighted by Gasteiger charge is -2.16. The van der Waals surface area contributed by atoms with Crippen molar-refractivity contribution in [2.75, 3.05) is 20.3 Å². The van der Waals surface area contributed by atoms with Crippen LogP contribution in [0.15, 0.2) is 0 Å². The molecule has 1 aliphatic heterocycles. The fraction of sp³-hybridized carbons (Fsp3) is 1.00. The van der Waals surface area contributed by atoms with Gasteiger partial charge in [0.2, 0.25) is 0 Å². The van der Waals surface area contributed by atoms with E-state index in [4.69, 9.17) is 19.3 Å². The van der Waals surface area contributed by atoms with Gasteiger partial charge >= 0.3 is 0 Å². The molecule has 0 aromatic rings. The molecule has 0 unspecified atom stereocenters. The Morgan fingerprint density at radius 3 is 2.42 bits per heavy atom. The highest BCUT2D eigenvalue weighted by Crippen LogP contribution is 2.27. The predicted molar refractivity (Wildman–Crippen MR) is 42.8 cm³/mol. The summed E-state index contributed by atoms with van der Waals surface area (Å²) < 4.78 is 15.8. The SMILES string of the molecule is COC[C@@H]1OC(C)(C)O[C@H]1CO. The zero-order chi connectivity index (χ0) is 9.19. The van der Waals surface area contributed by atoms with E-state index in [1.807, 2.05) is 13.8 Å². The summed E-state index contributed by atoms with van der Waals surface area (Å²) in [6.45, 7) is 4.07. The van der Waals surface area contributed by atoms with Crippen molar-refractivity contribution in [3.05, 3.63) is 0 Å². The second kappa shape index (κ2) is 3.70. The van der Waals surface area contributed by atoms with Gasteiger partial charge in [-0.1, -0.05) is 0 Å². The molecule has 72 valence electrons. The van der Waals surface area contributed by atoms with Gasteiger partial charge in [0.15, 0.2) is 5.79 Å². The van der Waals surface area contributed by atoms with Crippen LogP contribution < -0.4 is 0 Å². The molecule has 12 heavy (non-hydrogen) atoms. The number of rotatable bonds is 3. The first-order valence-corrected chi connectivity index (χ1v) is 4.04. The zero-order valence-corrected chi connectivity index (χ0v) is 7.74. The van der Waals surface area contributed by atoms with E-state index < -0.39 is 5.79 Å². The summed E-state index contributed by atoms with van der Waals surface area (Å²) >= 11 is 0. The van der Waals surface area contributed by atoms with Crippen molar-refractivity contribution in [3.63, 3.8) is 0 Å². The van der Waals surface area contributed by atoms with E-state index >= 15 is 0 Å². The van der Waals surface area contributed by atoms with Crippen molar-refractivity contribution >= 4 is 0 Å². The molecular weight excluding hydrogens is 160 g/mol. The van der Waals surface area contributed by atoms with Gasteiger partial charge in [-0.25, -0.2) is 0 Å². The van der Waals surface area contributed by atoms with E-state index in [0.29, 0.717) is 6.61 Å². The minimum Gasteiger partial charge on any atom is -0.394 e. The maximum atomic E-state index is 8.93. The first kappa shape index (κ1) is 9.92. The van der Waals surface area contributed by atoms with Crippen LogP contribution in [0, 0.1) is 0 Å². The number of aliphatic hydroxyl groups excluding tert-OH is 1. The molecule has 0 bridgehead atoms. The maximum Gasteiger partial charge on any atom is 0.163 e. The lowest BCUT2D eigenvalue weighted by Crippen LogP contribution is -2.30. The van der Waals surface area contributed by atoms with E-state index in [1.54, 1.807) is 7.11 Å². The van der Waals surface area contributed by atoms with E-state index in [9.17, 15) is 0 Å². The van der Waals surface area contributed by atoms with E-state index in [1.165, 1.54) is 0 Å². The van der Waals surface area contributed by atoms with Gasteiger partial charge in [-0.15, -0.1) is 0 Å². The molecule has 1 saturated heterocycles. The normalized spacial score (nSPS) is 34.0. The lowest BCUT2D eigenvalue weighted by atomic mass is 10.2. The van der Waals surface area contributed by atoms with E-state index in [0.717, 1.165) is 0 Å². The van der Waals surface area contributed by atoms with Crippen LogP contribution in [0.2, 0.25) is 0 Å². The average Bonchev–Trinajstić information content (AvgIpc) is 2.26. The third-order valence-electron chi connectivity index (χ3n) is 1.80. The molecule has 1 N–H and O–H groups in total. The minimum absolute atomic E-state index is 0.0303. The van der Waals surface area contributed by atoms with Crippen molar-refractivity contribution in [3.8, 4) is 0 Å². The third-order valence-corrected chi connectivity index (χ3v) is 1.80. The van der Waals surface area contributed by atoms with Gasteiger partial charge < -0.3 is 19.3 Å². The Labute approximate surface area is 72.4 Å². The van der Waals surface area contributed by atoms with Crippen LogP contribution >= 0.6 is 0 Å². The summed E-state index contributed by atoms with van der Waals surface area (Å²) in [6.07, 6.45) is -0.421. The first-order valence-electron chi connectivity index (χ1n) is 4.04. The number of hydrogen-bond acceptors (Lipinski definition) is 4. The third kappa shape index (κ3) is 2.17. The second-order valence-corrected chi connectivity index (χ2v) is 3.35. The van der Waals surface area contributed by atoms with Gasteiger partial charge in [-0.2, -0.15) is 0 Å². The summed E-state index contributed by atoms with van der Waals surface area (Å²) in [6, 6.07) is 0. The molecule has 1 heterocycles. The molecule has 0 aromatic heterocycles. The van der Waals surface area contributed by atoms with Gasteiger partial charge in [0, 0.05) is 7.11 Å². The van der Waals surface area contributed by atoms with Crippen molar-refractivity contribution in [1.82, 2.24) is 0 Å². The van der Waals surface area contributed by atoms with Crippen molar-refractivity contribution in [2.24, 2.45) is 0 Å². The highest BCUT2D eigenvalue weighted by Gasteiger charge is 2.40. The van der Waals surface area contributed by atoms with Crippen LogP contribution in [0.25, 0.3) is 0 Å². The van der Waals surface area contributed by atoms with Crippen LogP contribution in [0.4, 0.5) is 0 Å². The van der Waals surface area contributed by atoms with Crippen LogP contribution in [0.5, 0.6) is 0 Å². The monoisotopic (exact) mass is 176 g/mol. The van der Waals surface area contributed by atoms with E-state index in [-0.39, 0.29) is 18.8 Å². The number of methoxy groups -OCH3 is 1. The smallest absolute Gasteiger partial charge is 0.163 e. The van der Waals surface area contributed by atoms with Crippen LogP contribution in [0.1, 0.15) is 13.8 Å².